The second-order valence-corrected chi connectivity index (χ2v) is 5.30. The molecule has 0 saturated carbocycles. The molecule has 6 heteroatoms. The first-order valence-electron chi connectivity index (χ1n) is 7.75. The van der Waals surface area contributed by atoms with Crippen molar-refractivity contribution in [2.45, 2.75) is 26.7 Å². The van der Waals surface area contributed by atoms with Gasteiger partial charge in [-0.05, 0) is 12.8 Å². The molecule has 0 amide bonds. The highest BCUT2D eigenvalue weighted by molar-refractivity contribution is 5.72. The fourth-order valence-corrected chi connectivity index (χ4v) is 1.80. The first kappa shape index (κ1) is 18.6. The van der Waals surface area contributed by atoms with Gasteiger partial charge in [0.2, 0.25) is 0 Å². The monoisotopic (exact) mass is 314 g/mol. The van der Waals surface area contributed by atoms with Gasteiger partial charge in [-0.15, -0.1) is 0 Å². The molecule has 0 bridgehead atoms. The van der Waals surface area contributed by atoms with Crippen LogP contribution in [0.25, 0.3) is 0 Å². The molecule has 6 nitrogen and oxygen atoms in total. The molecule has 0 aliphatic carbocycles. The average Bonchev–Trinajstić information content (AvgIpc) is 2.51. The number of carbonyl (C=O) groups excluding carboxylic acids is 2. The highest BCUT2D eigenvalue weighted by Gasteiger charge is 2.14. The van der Waals surface area contributed by atoms with Crippen molar-refractivity contribution in [3.05, 3.63) is 12.2 Å². The van der Waals surface area contributed by atoms with Crippen LogP contribution in [0.3, 0.4) is 0 Å². The Morgan fingerprint density at radius 1 is 0.727 bits per heavy atom. The molecule has 1 heterocycles. The molecule has 0 aromatic carbocycles. The summed E-state index contributed by atoms with van der Waals surface area (Å²) in [6.07, 6.45) is 4.99. The Bertz CT molecular complexity index is 332. The Morgan fingerprint density at radius 2 is 1.09 bits per heavy atom. The highest BCUT2D eigenvalue weighted by atomic mass is 16.6. The number of cyclic esters (lactones) is 2. The minimum atomic E-state index is -0.238. The predicted octanol–water partition coefficient (Wildman–Crippen LogP) is 1.73. The second-order valence-electron chi connectivity index (χ2n) is 5.30. The largest absolute Gasteiger partial charge is 0.463 e. The number of hydrogen-bond donors (Lipinski definition) is 0. The molecule has 1 rings (SSSR count). The third-order valence-corrected chi connectivity index (χ3v) is 3.27. The molecule has 0 fully saturated rings. The van der Waals surface area contributed by atoms with Gasteiger partial charge in [-0.1, -0.05) is 26.0 Å². The number of ether oxygens (including phenoxy) is 4. The molecule has 0 N–H and O–H groups in total. The van der Waals surface area contributed by atoms with Crippen LogP contribution in [0.5, 0.6) is 0 Å². The average molecular weight is 314 g/mol. The summed E-state index contributed by atoms with van der Waals surface area (Å²) in [7, 11) is 0. The molecule has 0 aromatic rings. The van der Waals surface area contributed by atoms with E-state index in [4.69, 9.17) is 18.9 Å². The van der Waals surface area contributed by atoms with Gasteiger partial charge in [0.15, 0.2) is 0 Å². The summed E-state index contributed by atoms with van der Waals surface area (Å²) in [5.41, 5.74) is 0. The fourth-order valence-electron chi connectivity index (χ4n) is 1.80. The number of rotatable bonds is 0. The molecule has 2 atom stereocenters. The maximum absolute atomic E-state index is 11.7. The third-order valence-electron chi connectivity index (χ3n) is 3.27. The van der Waals surface area contributed by atoms with Crippen LogP contribution in [0.1, 0.15) is 26.7 Å². The molecule has 126 valence electrons. The Balaban J connectivity index is 2.45. The first-order valence-corrected chi connectivity index (χ1v) is 7.75. The van der Waals surface area contributed by atoms with Crippen molar-refractivity contribution in [1.29, 1.82) is 0 Å². The first-order chi connectivity index (χ1) is 10.6. The Kier molecular flexibility index (Phi) is 9.50. The van der Waals surface area contributed by atoms with Crippen molar-refractivity contribution in [2.24, 2.45) is 11.8 Å². The van der Waals surface area contributed by atoms with E-state index in [0.29, 0.717) is 39.3 Å². The Hall–Kier alpha value is -1.40. The van der Waals surface area contributed by atoms with E-state index in [1.54, 1.807) is 0 Å². The van der Waals surface area contributed by atoms with Crippen molar-refractivity contribution in [2.75, 3.05) is 39.6 Å². The fraction of sp³-hybridized carbons (Fsp3) is 0.750. The minimum absolute atomic E-state index is 0.208. The highest BCUT2D eigenvalue weighted by Crippen LogP contribution is 2.09. The molecule has 0 saturated heterocycles. The van der Waals surface area contributed by atoms with Gasteiger partial charge in [0, 0.05) is 0 Å². The van der Waals surface area contributed by atoms with Crippen molar-refractivity contribution in [3.63, 3.8) is 0 Å². The molecule has 0 spiro atoms. The summed E-state index contributed by atoms with van der Waals surface area (Å²) in [5.74, 6) is -0.891. The van der Waals surface area contributed by atoms with Crippen molar-refractivity contribution < 1.29 is 28.5 Å². The van der Waals surface area contributed by atoms with Gasteiger partial charge < -0.3 is 18.9 Å². The van der Waals surface area contributed by atoms with Crippen LogP contribution in [0.2, 0.25) is 0 Å². The summed E-state index contributed by atoms with van der Waals surface area (Å²) in [5, 5.41) is 0. The zero-order chi connectivity index (χ0) is 16.2. The topological polar surface area (TPSA) is 71.1 Å². The van der Waals surface area contributed by atoms with Gasteiger partial charge in [0.1, 0.15) is 13.2 Å². The van der Waals surface area contributed by atoms with E-state index >= 15 is 0 Å². The molecule has 0 radical (unpaired) electrons. The molecular formula is C16H26O6. The maximum atomic E-state index is 11.7. The van der Waals surface area contributed by atoms with Crippen molar-refractivity contribution in [3.8, 4) is 0 Å². The number of allylic oxidation sites excluding steroid dienone is 2. The van der Waals surface area contributed by atoms with E-state index in [0.717, 1.165) is 0 Å². The normalized spacial score (nSPS) is 27.4. The van der Waals surface area contributed by atoms with E-state index < -0.39 is 0 Å². The molecule has 0 aromatic heterocycles. The van der Waals surface area contributed by atoms with Gasteiger partial charge in [-0.2, -0.15) is 0 Å². The summed E-state index contributed by atoms with van der Waals surface area (Å²) in [4.78, 5) is 23.4. The zero-order valence-electron chi connectivity index (χ0n) is 13.4. The lowest BCUT2D eigenvalue weighted by Gasteiger charge is -2.12. The molecule has 1 aliphatic heterocycles. The minimum Gasteiger partial charge on any atom is -0.463 e. The number of esters is 2. The van der Waals surface area contributed by atoms with Gasteiger partial charge >= 0.3 is 11.9 Å². The lowest BCUT2D eigenvalue weighted by atomic mass is 10.1. The quantitative estimate of drug-likeness (QED) is 0.501. The van der Waals surface area contributed by atoms with E-state index in [1.807, 2.05) is 26.0 Å². The van der Waals surface area contributed by atoms with E-state index in [1.165, 1.54) is 0 Å². The van der Waals surface area contributed by atoms with Crippen LogP contribution in [0.15, 0.2) is 12.2 Å². The van der Waals surface area contributed by atoms with Crippen LogP contribution in [0, 0.1) is 11.8 Å². The summed E-state index contributed by atoms with van der Waals surface area (Å²) in [6.45, 7) is 5.67. The van der Waals surface area contributed by atoms with Gasteiger partial charge in [-0.3, -0.25) is 9.59 Å². The van der Waals surface area contributed by atoms with Crippen LogP contribution in [0.4, 0.5) is 0 Å². The summed E-state index contributed by atoms with van der Waals surface area (Å²) < 4.78 is 20.8. The van der Waals surface area contributed by atoms with E-state index in [9.17, 15) is 9.59 Å². The summed E-state index contributed by atoms with van der Waals surface area (Å²) in [6, 6.07) is 0. The van der Waals surface area contributed by atoms with Gasteiger partial charge in [0.05, 0.1) is 38.3 Å². The van der Waals surface area contributed by atoms with Gasteiger partial charge in [-0.25, -0.2) is 0 Å². The standard InChI is InChI=1S/C16H26O6/c1-13-5-3-4-6-14(2)16(18)22-12-10-20-8-7-19-9-11-21-15(13)17/h3-4,13-14H,5-12H2,1-2H3. The van der Waals surface area contributed by atoms with Crippen LogP contribution >= 0.6 is 0 Å². The zero-order valence-corrected chi connectivity index (χ0v) is 13.4. The Morgan fingerprint density at radius 3 is 1.50 bits per heavy atom. The number of hydrogen-bond acceptors (Lipinski definition) is 6. The van der Waals surface area contributed by atoms with Crippen LogP contribution in [-0.4, -0.2) is 51.6 Å². The molecular weight excluding hydrogens is 288 g/mol. The molecule has 2 unspecified atom stereocenters. The van der Waals surface area contributed by atoms with Crippen LogP contribution in [-0.2, 0) is 28.5 Å². The lowest BCUT2D eigenvalue weighted by molar-refractivity contribution is -0.151. The summed E-state index contributed by atoms with van der Waals surface area (Å²) >= 11 is 0. The predicted molar refractivity (Wildman–Crippen MR) is 80.3 cm³/mol. The molecule has 22 heavy (non-hydrogen) atoms. The van der Waals surface area contributed by atoms with Gasteiger partial charge in [0.25, 0.3) is 0 Å². The lowest BCUT2D eigenvalue weighted by Crippen LogP contribution is -2.19. The van der Waals surface area contributed by atoms with Crippen molar-refractivity contribution >= 4 is 11.9 Å². The smallest absolute Gasteiger partial charge is 0.309 e. The van der Waals surface area contributed by atoms with E-state index in [-0.39, 0.29) is 37.0 Å². The SMILES string of the molecule is CC1CC=CCC(C)C(=O)OCCOCCOCCOC1=O. The number of carbonyl (C=O) groups is 2. The van der Waals surface area contributed by atoms with E-state index in [2.05, 4.69) is 0 Å². The third kappa shape index (κ3) is 8.14. The van der Waals surface area contributed by atoms with Crippen LogP contribution < -0.4 is 0 Å². The second kappa shape index (κ2) is 11.2. The Labute approximate surface area is 131 Å². The molecule has 1 aliphatic rings. The van der Waals surface area contributed by atoms with Crippen molar-refractivity contribution in [1.82, 2.24) is 0 Å². The maximum Gasteiger partial charge on any atom is 0.309 e.